The summed E-state index contributed by atoms with van der Waals surface area (Å²) >= 11 is 0. The predicted molar refractivity (Wildman–Crippen MR) is 102 cm³/mol. The summed E-state index contributed by atoms with van der Waals surface area (Å²) in [5, 5.41) is 15.6. The average molecular weight is 356 g/mol. The third kappa shape index (κ3) is 3.32. The second kappa shape index (κ2) is 7.21. The van der Waals surface area contributed by atoms with Crippen molar-refractivity contribution in [3.63, 3.8) is 0 Å². The van der Waals surface area contributed by atoms with Crippen LogP contribution in [-0.4, -0.2) is 19.7 Å². The van der Waals surface area contributed by atoms with E-state index in [2.05, 4.69) is 10.1 Å². The lowest BCUT2D eigenvalue weighted by Gasteiger charge is -2.21. The lowest BCUT2D eigenvalue weighted by atomic mass is 9.91. The van der Waals surface area contributed by atoms with Crippen molar-refractivity contribution in [3.05, 3.63) is 113 Å². The van der Waals surface area contributed by atoms with Gasteiger partial charge in [0.2, 0.25) is 0 Å². The van der Waals surface area contributed by atoms with Crippen molar-refractivity contribution < 1.29 is 4.92 Å². The van der Waals surface area contributed by atoms with Gasteiger partial charge in [0, 0.05) is 12.1 Å². The molecule has 0 fully saturated rings. The first kappa shape index (κ1) is 16.7. The highest BCUT2D eigenvalue weighted by Gasteiger charge is 2.22. The highest BCUT2D eigenvalue weighted by atomic mass is 16.6. The van der Waals surface area contributed by atoms with Crippen LogP contribution >= 0.6 is 0 Å². The Kier molecular flexibility index (Phi) is 4.45. The van der Waals surface area contributed by atoms with Crippen LogP contribution in [-0.2, 0) is 0 Å². The van der Waals surface area contributed by atoms with Gasteiger partial charge in [-0.25, -0.2) is 9.67 Å². The number of nitro groups is 1. The van der Waals surface area contributed by atoms with Gasteiger partial charge in [-0.3, -0.25) is 10.1 Å². The summed E-state index contributed by atoms with van der Waals surface area (Å²) in [6.07, 6.45) is 3.10. The maximum Gasteiger partial charge on any atom is 0.269 e. The van der Waals surface area contributed by atoms with Crippen LogP contribution in [0.4, 0.5) is 5.69 Å². The van der Waals surface area contributed by atoms with E-state index in [0.29, 0.717) is 0 Å². The normalized spacial score (nSPS) is 11.9. The summed E-state index contributed by atoms with van der Waals surface area (Å²) < 4.78 is 1.72. The molecule has 0 saturated heterocycles. The highest BCUT2D eigenvalue weighted by Crippen LogP contribution is 2.35. The largest absolute Gasteiger partial charge is 0.269 e. The molecule has 4 aromatic rings. The predicted octanol–water partition coefficient (Wildman–Crippen LogP) is 4.49. The van der Waals surface area contributed by atoms with Gasteiger partial charge in [0.05, 0.1) is 4.92 Å². The molecule has 0 aliphatic rings. The van der Waals surface area contributed by atoms with Crippen LogP contribution < -0.4 is 0 Å². The number of benzene rings is 3. The van der Waals surface area contributed by atoms with Crippen molar-refractivity contribution >= 4 is 5.69 Å². The Bertz CT molecular complexity index is 1060. The van der Waals surface area contributed by atoms with E-state index in [1.807, 2.05) is 60.7 Å². The molecule has 0 saturated carbocycles. The molecule has 3 aromatic carbocycles. The molecule has 6 nitrogen and oxygen atoms in total. The van der Waals surface area contributed by atoms with E-state index in [-0.39, 0.29) is 16.7 Å². The zero-order valence-electron chi connectivity index (χ0n) is 14.3. The quantitative estimate of drug-likeness (QED) is 0.390. The molecule has 4 rings (SSSR count). The number of nitro benzene ring substituents is 1. The van der Waals surface area contributed by atoms with Gasteiger partial charge in [0.15, 0.2) is 0 Å². The summed E-state index contributed by atoms with van der Waals surface area (Å²) in [5.74, 6) is 0. The van der Waals surface area contributed by atoms with Crippen LogP contribution in [0.2, 0.25) is 0 Å². The fraction of sp³-hybridized carbons (Fsp3) is 0.0476. The monoisotopic (exact) mass is 356 g/mol. The molecule has 0 aliphatic carbocycles. The van der Waals surface area contributed by atoms with Crippen molar-refractivity contribution in [1.82, 2.24) is 14.8 Å². The number of hydrogen-bond acceptors (Lipinski definition) is 4. The third-order valence-electron chi connectivity index (χ3n) is 4.44. The molecule has 0 spiro atoms. The molecular formula is C21H16N4O2. The summed E-state index contributed by atoms with van der Waals surface area (Å²) in [4.78, 5) is 14.9. The molecule has 0 N–H and O–H groups in total. The fourth-order valence-electron chi connectivity index (χ4n) is 3.25. The smallest absolute Gasteiger partial charge is 0.258 e. The van der Waals surface area contributed by atoms with Gasteiger partial charge in [-0.1, -0.05) is 66.7 Å². The lowest BCUT2D eigenvalue weighted by Crippen LogP contribution is -2.14. The molecule has 1 unspecified atom stereocenters. The Morgan fingerprint density at radius 3 is 2.44 bits per heavy atom. The van der Waals surface area contributed by atoms with Crippen molar-refractivity contribution in [2.24, 2.45) is 0 Å². The van der Waals surface area contributed by atoms with Gasteiger partial charge in [-0.05, 0) is 22.3 Å². The molecule has 0 aliphatic heterocycles. The first-order valence-corrected chi connectivity index (χ1v) is 8.47. The SMILES string of the molecule is O=[N+]([O-])c1cccc(C(c2ccccc2-c2ccccc2)n2cncn2)c1. The molecule has 0 radical (unpaired) electrons. The minimum absolute atomic E-state index is 0.0507. The van der Waals surface area contributed by atoms with Crippen LogP contribution in [0.1, 0.15) is 17.2 Å². The van der Waals surface area contributed by atoms with E-state index in [1.165, 1.54) is 12.4 Å². The van der Waals surface area contributed by atoms with Crippen LogP contribution in [0.5, 0.6) is 0 Å². The topological polar surface area (TPSA) is 73.8 Å². The molecule has 1 aromatic heterocycles. The second-order valence-corrected chi connectivity index (χ2v) is 6.08. The molecule has 6 heteroatoms. The lowest BCUT2D eigenvalue weighted by molar-refractivity contribution is -0.384. The molecule has 1 atom stereocenters. The minimum atomic E-state index is -0.384. The summed E-state index contributed by atoms with van der Waals surface area (Å²) in [6, 6.07) is 24.4. The molecular weight excluding hydrogens is 340 g/mol. The number of rotatable bonds is 5. The van der Waals surface area contributed by atoms with Gasteiger partial charge in [-0.2, -0.15) is 5.10 Å². The van der Waals surface area contributed by atoms with Gasteiger partial charge < -0.3 is 0 Å². The van der Waals surface area contributed by atoms with Gasteiger partial charge in [0.1, 0.15) is 18.7 Å². The minimum Gasteiger partial charge on any atom is -0.258 e. The van der Waals surface area contributed by atoms with Crippen molar-refractivity contribution in [3.8, 4) is 11.1 Å². The summed E-state index contributed by atoms with van der Waals surface area (Å²) in [5.41, 5.74) is 3.94. The van der Waals surface area contributed by atoms with Crippen LogP contribution in [0.25, 0.3) is 11.1 Å². The fourth-order valence-corrected chi connectivity index (χ4v) is 3.25. The Morgan fingerprint density at radius 2 is 1.70 bits per heavy atom. The molecule has 27 heavy (non-hydrogen) atoms. The van der Waals surface area contributed by atoms with E-state index in [1.54, 1.807) is 23.1 Å². The maximum atomic E-state index is 11.3. The van der Waals surface area contributed by atoms with Gasteiger partial charge in [0.25, 0.3) is 5.69 Å². The van der Waals surface area contributed by atoms with E-state index in [9.17, 15) is 10.1 Å². The molecule has 0 bridgehead atoms. The van der Waals surface area contributed by atoms with Crippen molar-refractivity contribution in [2.75, 3.05) is 0 Å². The Hall–Kier alpha value is -3.80. The number of nitrogens with zero attached hydrogens (tertiary/aromatic N) is 4. The van der Waals surface area contributed by atoms with Crippen molar-refractivity contribution in [1.29, 1.82) is 0 Å². The first-order valence-electron chi connectivity index (χ1n) is 8.47. The number of hydrogen-bond donors (Lipinski definition) is 0. The van der Waals surface area contributed by atoms with Crippen molar-refractivity contribution in [2.45, 2.75) is 6.04 Å². The standard InChI is InChI=1S/C21H16N4O2/c26-25(27)18-10-6-9-17(13-18)21(24-15-22-14-23-24)20-12-5-4-11-19(20)16-7-2-1-3-8-16/h1-15,21H. The zero-order valence-corrected chi connectivity index (χ0v) is 14.3. The van der Waals surface area contributed by atoms with Gasteiger partial charge >= 0.3 is 0 Å². The van der Waals surface area contributed by atoms with E-state index in [4.69, 9.17) is 0 Å². The Balaban J connectivity index is 1.92. The molecule has 1 heterocycles. The zero-order chi connectivity index (χ0) is 18.6. The summed E-state index contributed by atoms with van der Waals surface area (Å²) in [7, 11) is 0. The molecule has 0 amide bonds. The Labute approximate surface area is 155 Å². The highest BCUT2D eigenvalue weighted by molar-refractivity contribution is 5.69. The molecule has 132 valence electrons. The third-order valence-corrected chi connectivity index (χ3v) is 4.44. The number of non-ortho nitro benzene ring substituents is 1. The van der Waals surface area contributed by atoms with E-state index in [0.717, 1.165) is 22.3 Å². The second-order valence-electron chi connectivity index (χ2n) is 6.08. The van der Waals surface area contributed by atoms with Gasteiger partial charge in [-0.15, -0.1) is 0 Å². The van der Waals surface area contributed by atoms with Crippen LogP contribution in [0, 0.1) is 10.1 Å². The Morgan fingerprint density at radius 1 is 0.926 bits per heavy atom. The van der Waals surface area contributed by atoms with E-state index >= 15 is 0 Å². The number of aromatic nitrogens is 3. The van der Waals surface area contributed by atoms with Crippen LogP contribution in [0.3, 0.4) is 0 Å². The average Bonchev–Trinajstić information content (AvgIpc) is 3.24. The first-order chi connectivity index (χ1) is 13.2. The maximum absolute atomic E-state index is 11.3. The van der Waals surface area contributed by atoms with E-state index < -0.39 is 0 Å². The van der Waals surface area contributed by atoms with Crippen LogP contribution in [0.15, 0.2) is 91.5 Å². The summed E-state index contributed by atoms with van der Waals surface area (Å²) in [6.45, 7) is 0.